The Labute approximate surface area is 98.1 Å². The van der Waals surface area contributed by atoms with Gasteiger partial charge in [0.2, 0.25) is 5.91 Å². The van der Waals surface area contributed by atoms with Crippen LogP contribution in [0.25, 0.3) is 0 Å². The Morgan fingerprint density at radius 3 is 2.75 bits per heavy atom. The van der Waals surface area contributed by atoms with Gasteiger partial charge in [0.1, 0.15) is 0 Å². The van der Waals surface area contributed by atoms with E-state index < -0.39 is 5.54 Å². The summed E-state index contributed by atoms with van der Waals surface area (Å²) in [5.74, 6) is 0.404. The van der Waals surface area contributed by atoms with E-state index in [9.17, 15) is 4.79 Å². The number of nitrogens with one attached hydrogen (secondary N) is 1. The number of nitrogens with two attached hydrogens (primary N) is 2. The van der Waals surface area contributed by atoms with Gasteiger partial charge < -0.3 is 16.8 Å². The molecule has 1 aliphatic rings. The van der Waals surface area contributed by atoms with Crippen molar-refractivity contribution < 1.29 is 4.79 Å². The van der Waals surface area contributed by atoms with Crippen molar-refractivity contribution in [3.8, 4) is 0 Å². The summed E-state index contributed by atoms with van der Waals surface area (Å²) in [7, 11) is 0. The lowest BCUT2D eigenvalue weighted by Crippen LogP contribution is -2.55. The van der Waals surface area contributed by atoms with Gasteiger partial charge in [-0.05, 0) is 38.6 Å². The van der Waals surface area contributed by atoms with Crippen molar-refractivity contribution in [3.05, 3.63) is 0 Å². The van der Waals surface area contributed by atoms with E-state index in [-0.39, 0.29) is 11.9 Å². The molecule has 94 valence electrons. The predicted molar refractivity (Wildman–Crippen MR) is 65.8 cm³/mol. The molecule has 3 unspecified atom stereocenters. The molecule has 1 rings (SSSR count). The molecular formula is C12H25N3O. The number of amides is 1. The summed E-state index contributed by atoms with van der Waals surface area (Å²) in [5.41, 5.74) is 10.9. The van der Waals surface area contributed by atoms with E-state index in [1.54, 1.807) is 6.92 Å². The van der Waals surface area contributed by atoms with Crippen LogP contribution in [0.4, 0.5) is 0 Å². The fourth-order valence-corrected chi connectivity index (χ4v) is 2.48. The van der Waals surface area contributed by atoms with Crippen LogP contribution < -0.4 is 16.8 Å². The molecule has 0 radical (unpaired) electrons. The third kappa shape index (κ3) is 3.19. The van der Waals surface area contributed by atoms with Gasteiger partial charge in [-0.2, -0.15) is 0 Å². The number of carbonyl (C=O) groups is 1. The molecule has 1 aliphatic carbocycles. The predicted octanol–water partition coefficient (Wildman–Crippen LogP) is 0.748. The van der Waals surface area contributed by atoms with Crippen LogP contribution in [0.15, 0.2) is 0 Å². The SMILES string of the molecule is CCCC(C)(N)C(=O)NC1CCCC1CN. The molecule has 0 aliphatic heterocycles. The van der Waals surface area contributed by atoms with E-state index in [1.807, 2.05) is 6.92 Å². The van der Waals surface area contributed by atoms with Gasteiger partial charge in [0.05, 0.1) is 5.54 Å². The van der Waals surface area contributed by atoms with E-state index in [0.717, 1.165) is 32.1 Å². The minimum absolute atomic E-state index is 0.0281. The first-order valence-electron chi connectivity index (χ1n) is 6.31. The summed E-state index contributed by atoms with van der Waals surface area (Å²) in [5, 5.41) is 3.06. The third-order valence-electron chi connectivity index (χ3n) is 3.57. The normalized spacial score (nSPS) is 28.8. The Morgan fingerprint density at radius 2 is 2.19 bits per heavy atom. The molecule has 1 saturated carbocycles. The number of carbonyl (C=O) groups excluding carboxylic acids is 1. The van der Waals surface area contributed by atoms with Gasteiger partial charge in [0, 0.05) is 6.04 Å². The zero-order valence-corrected chi connectivity index (χ0v) is 10.5. The molecule has 1 amide bonds. The summed E-state index contributed by atoms with van der Waals surface area (Å²) >= 11 is 0. The molecule has 0 bridgehead atoms. The van der Waals surface area contributed by atoms with E-state index in [2.05, 4.69) is 5.32 Å². The summed E-state index contributed by atoms with van der Waals surface area (Å²) in [6, 6.07) is 0.234. The first-order chi connectivity index (χ1) is 7.51. The van der Waals surface area contributed by atoms with Gasteiger partial charge >= 0.3 is 0 Å². The van der Waals surface area contributed by atoms with Crippen LogP contribution in [0.3, 0.4) is 0 Å². The van der Waals surface area contributed by atoms with Gasteiger partial charge in [0.15, 0.2) is 0 Å². The Bertz CT molecular complexity index is 240. The van der Waals surface area contributed by atoms with E-state index in [1.165, 1.54) is 0 Å². The monoisotopic (exact) mass is 227 g/mol. The largest absolute Gasteiger partial charge is 0.351 e. The lowest BCUT2D eigenvalue weighted by Gasteiger charge is -2.27. The molecule has 0 aromatic heterocycles. The maximum absolute atomic E-state index is 12.0. The lowest BCUT2D eigenvalue weighted by atomic mass is 9.95. The van der Waals surface area contributed by atoms with Crippen molar-refractivity contribution in [2.24, 2.45) is 17.4 Å². The van der Waals surface area contributed by atoms with Gasteiger partial charge in [-0.25, -0.2) is 0 Å². The van der Waals surface area contributed by atoms with Crippen molar-refractivity contribution >= 4 is 5.91 Å². The highest BCUT2D eigenvalue weighted by Crippen LogP contribution is 2.25. The van der Waals surface area contributed by atoms with Crippen LogP contribution in [0.5, 0.6) is 0 Å². The van der Waals surface area contributed by atoms with Crippen LogP contribution in [0.2, 0.25) is 0 Å². The molecule has 0 aromatic rings. The Hall–Kier alpha value is -0.610. The van der Waals surface area contributed by atoms with Crippen molar-refractivity contribution in [2.75, 3.05) is 6.54 Å². The van der Waals surface area contributed by atoms with Gasteiger partial charge in [-0.15, -0.1) is 0 Å². The zero-order chi connectivity index (χ0) is 12.2. The molecule has 0 heterocycles. The molecule has 0 saturated heterocycles. The maximum Gasteiger partial charge on any atom is 0.240 e. The van der Waals surface area contributed by atoms with E-state index >= 15 is 0 Å². The Morgan fingerprint density at radius 1 is 1.50 bits per heavy atom. The molecule has 1 fully saturated rings. The van der Waals surface area contributed by atoms with Crippen LogP contribution in [0.1, 0.15) is 46.0 Å². The minimum atomic E-state index is -0.740. The second-order valence-corrected chi connectivity index (χ2v) is 5.17. The molecule has 0 aromatic carbocycles. The molecular weight excluding hydrogens is 202 g/mol. The van der Waals surface area contributed by atoms with Crippen LogP contribution in [0, 0.1) is 5.92 Å². The Kier molecular flexibility index (Phi) is 4.74. The second kappa shape index (κ2) is 5.64. The van der Waals surface area contributed by atoms with Crippen molar-refractivity contribution in [3.63, 3.8) is 0 Å². The van der Waals surface area contributed by atoms with Gasteiger partial charge in [-0.1, -0.05) is 19.8 Å². The standard InChI is InChI=1S/C12H25N3O/c1-3-7-12(2,14)11(16)15-10-6-4-5-9(10)8-13/h9-10H,3-8,13-14H2,1-2H3,(H,15,16). The van der Waals surface area contributed by atoms with Gasteiger partial charge in [-0.3, -0.25) is 4.79 Å². The summed E-state index contributed by atoms with van der Waals surface area (Å²) < 4.78 is 0. The minimum Gasteiger partial charge on any atom is -0.351 e. The van der Waals surface area contributed by atoms with Crippen molar-refractivity contribution in [1.82, 2.24) is 5.32 Å². The van der Waals surface area contributed by atoms with Gasteiger partial charge in [0.25, 0.3) is 0 Å². The van der Waals surface area contributed by atoms with Crippen molar-refractivity contribution in [1.29, 1.82) is 0 Å². The third-order valence-corrected chi connectivity index (χ3v) is 3.57. The zero-order valence-electron chi connectivity index (χ0n) is 10.5. The fraction of sp³-hybridized carbons (Fsp3) is 0.917. The highest BCUT2D eigenvalue weighted by atomic mass is 16.2. The van der Waals surface area contributed by atoms with Crippen LogP contribution in [-0.4, -0.2) is 24.0 Å². The average Bonchev–Trinajstić information content (AvgIpc) is 2.65. The highest BCUT2D eigenvalue weighted by molar-refractivity contribution is 5.85. The van der Waals surface area contributed by atoms with E-state index in [4.69, 9.17) is 11.5 Å². The quantitative estimate of drug-likeness (QED) is 0.648. The second-order valence-electron chi connectivity index (χ2n) is 5.17. The number of rotatable bonds is 5. The van der Waals surface area contributed by atoms with Crippen molar-refractivity contribution in [2.45, 2.75) is 57.5 Å². The fourth-order valence-electron chi connectivity index (χ4n) is 2.48. The first kappa shape index (κ1) is 13.5. The maximum atomic E-state index is 12.0. The lowest BCUT2D eigenvalue weighted by molar-refractivity contribution is -0.127. The number of hydrogen-bond acceptors (Lipinski definition) is 3. The van der Waals surface area contributed by atoms with E-state index in [0.29, 0.717) is 12.5 Å². The molecule has 4 heteroatoms. The average molecular weight is 227 g/mol. The summed E-state index contributed by atoms with van der Waals surface area (Å²) in [4.78, 5) is 12.0. The summed E-state index contributed by atoms with van der Waals surface area (Å²) in [6.07, 6.45) is 4.96. The molecule has 0 spiro atoms. The molecule has 5 N–H and O–H groups in total. The smallest absolute Gasteiger partial charge is 0.240 e. The first-order valence-corrected chi connectivity index (χ1v) is 6.31. The van der Waals surface area contributed by atoms with Crippen LogP contribution in [-0.2, 0) is 4.79 Å². The summed E-state index contributed by atoms with van der Waals surface area (Å²) in [6.45, 7) is 4.49. The Balaban J connectivity index is 2.50. The topological polar surface area (TPSA) is 81.1 Å². The van der Waals surface area contributed by atoms with Crippen LogP contribution >= 0.6 is 0 Å². The molecule has 4 nitrogen and oxygen atoms in total. The molecule has 16 heavy (non-hydrogen) atoms. The highest BCUT2D eigenvalue weighted by Gasteiger charge is 2.33. The molecule has 3 atom stereocenters. The number of hydrogen-bond donors (Lipinski definition) is 3.